The SMILES string of the molecule is O=C(O)CCCCCCC/C=C\CCCCCCCCC(=O)C(O)CO. The number of carbonyl (C=O) groups is 2. The Morgan fingerprint density at radius 3 is 1.58 bits per heavy atom. The van der Waals surface area contributed by atoms with Crippen LogP contribution in [-0.2, 0) is 9.59 Å². The van der Waals surface area contributed by atoms with Crippen LogP contribution in [0.25, 0.3) is 0 Å². The molecule has 0 aromatic carbocycles. The number of aliphatic carboxylic acids is 1. The monoisotopic (exact) mass is 370 g/mol. The molecule has 26 heavy (non-hydrogen) atoms. The maximum atomic E-state index is 11.3. The van der Waals surface area contributed by atoms with Crippen molar-refractivity contribution in [3.05, 3.63) is 12.2 Å². The average Bonchev–Trinajstić information content (AvgIpc) is 2.63. The van der Waals surface area contributed by atoms with Crippen LogP contribution in [-0.4, -0.2) is 39.8 Å². The van der Waals surface area contributed by atoms with Crippen LogP contribution in [0.5, 0.6) is 0 Å². The van der Waals surface area contributed by atoms with Gasteiger partial charge in [-0.15, -0.1) is 0 Å². The van der Waals surface area contributed by atoms with Crippen LogP contribution in [0.4, 0.5) is 0 Å². The van der Waals surface area contributed by atoms with E-state index in [9.17, 15) is 9.59 Å². The van der Waals surface area contributed by atoms with Gasteiger partial charge in [-0.3, -0.25) is 9.59 Å². The standard InChI is InChI=1S/C21H38O5/c22-18-20(24)19(23)16-14-12-10-8-6-4-2-1-3-5-7-9-11-13-15-17-21(25)26/h1,3,20,22,24H,2,4-18H2,(H,25,26)/b3-1-. The number of carboxylic acid groups (broad SMARTS) is 1. The molecule has 0 aliphatic heterocycles. The maximum Gasteiger partial charge on any atom is 0.303 e. The third kappa shape index (κ3) is 17.6. The quantitative estimate of drug-likeness (QED) is 0.231. The minimum absolute atomic E-state index is 0.252. The second-order valence-corrected chi connectivity index (χ2v) is 7.00. The molecule has 0 heterocycles. The first-order valence-electron chi connectivity index (χ1n) is 10.3. The summed E-state index contributed by atoms with van der Waals surface area (Å²) < 4.78 is 0. The van der Waals surface area contributed by atoms with Gasteiger partial charge in [0.2, 0.25) is 0 Å². The molecule has 0 radical (unpaired) electrons. The molecule has 3 N–H and O–H groups in total. The van der Waals surface area contributed by atoms with Gasteiger partial charge in [-0.1, -0.05) is 57.1 Å². The Balaban J connectivity index is 3.22. The molecule has 0 fully saturated rings. The minimum atomic E-state index is -1.20. The van der Waals surface area contributed by atoms with Gasteiger partial charge in [0.25, 0.3) is 0 Å². The maximum absolute atomic E-state index is 11.3. The lowest BCUT2D eigenvalue weighted by Crippen LogP contribution is -2.23. The Labute approximate surface area is 158 Å². The highest BCUT2D eigenvalue weighted by molar-refractivity contribution is 5.82. The van der Waals surface area contributed by atoms with Crippen molar-refractivity contribution in [2.24, 2.45) is 0 Å². The van der Waals surface area contributed by atoms with Crippen LogP contribution < -0.4 is 0 Å². The highest BCUT2D eigenvalue weighted by Gasteiger charge is 2.12. The molecule has 0 saturated heterocycles. The molecule has 0 spiro atoms. The zero-order valence-corrected chi connectivity index (χ0v) is 16.2. The number of aliphatic hydroxyl groups is 2. The molecule has 152 valence electrons. The lowest BCUT2D eigenvalue weighted by atomic mass is 10.0. The number of unbranched alkanes of at least 4 members (excludes halogenated alkanes) is 11. The average molecular weight is 371 g/mol. The first-order chi connectivity index (χ1) is 12.6. The molecule has 0 bridgehead atoms. The minimum Gasteiger partial charge on any atom is -0.481 e. The highest BCUT2D eigenvalue weighted by Crippen LogP contribution is 2.11. The molecule has 0 aromatic heterocycles. The van der Waals surface area contributed by atoms with Gasteiger partial charge in [-0.25, -0.2) is 0 Å². The molecule has 0 rings (SSSR count). The number of hydrogen-bond acceptors (Lipinski definition) is 4. The van der Waals surface area contributed by atoms with Crippen LogP contribution in [0.3, 0.4) is 0 Å². The molecule has 0 aliphatic rings. The summed E-state index contributed by atoms with van der Waals surface area (Å²) in [4.78, 5) is 21.7. The van der Waals surface area contributed by atoms with Crippen molar-refractivity contribution in [3.63, 3.8) is 0 Å². The van der Waals surface area contributed by atoms with Crippen molar-refractivity contribution in [2.45, 2.75) is 102 Å². The zero-order chi connectivity index (χ0) is 19.5. The van der Waals surface area contributed by atoms with Crippen molar-refractivity contribution in [1.29, 1.82) is 0 Å². The summed E-state index contributed by atoms with van der Waals surface area (Å²) in [7, 11) is 0. The first kappa shape index (κ1) is 24.8. The van der Waals surface area contributed by atoms with Crippen molar-refractivity contribution >= 4 is 11.8 Å². The number of allylic oxidation sites excluding steroid dienone is 2. The van der Waals surface area contributed by atoms with Gasteiger partial charge in [0.05, 0.1) is 6.61 Å². The van der Waals surface area contributed by atoms with E-state index in [1.807, 2.05) is 0 Å². The summed E-state index contributed by atoms with van der Waals surface area (Å²) in [5.41, 5.74) is 0. The lowest BCUT2D eigenvalue weighted by molar-refractivity contribution is -0.137. The summed E-state index contributed by atoms with van der Waals surface area (Å²) >= 11 is 0. The number of Topliss-reactive ketones (excluding diaryl/α,β-unsaturated/α-hetero) is 1. The predicted molar refractivity (Wildman–Crippen MR) is 104 cm³/mol. The lowest BCUT2D eigenvalue weighted by Gasteiger charge is -2.05. The second-order valence-electron chi connectivity index (χ2n) is 7.00. The van der Waals surface area contributed by atoms with E-state index in [1.165, 1.54) is 32.1 Å². The normalized spacial score (nSPS) is 12.5. The summed E-state index contributed by atoms with van der Waals surface area (Å²) in [5, 5.41) is 26.3. The van der Waals surface area contributed by atoms with Gasteiger partial charge in [0.1, 0.15) is 6.10 Å². The van der Waals surface area contributed by atoms with Crippen molar-refractivity contribution in [3.8, 4) is 0 Å². The van der Waals surface area contributed by atoms with Gasteiger partial charge in [0, 0.05) is 12.8 Å². The third-order valence-electron chi connectivity index (χ3n) is 4.52. The van der Waals surface area contributed by atoms with Gasteiger partial charge >= 0.3 is 5.97 Å². The van der Waals surface area contributed by atoms with E-state index in [0.29, 0.717) is 12.8 Å². The Morgan fingerprint density at radius 1 is 0.692 bits per heavy atom. The van der Waals surface area contributed by atoms with Crippen LogP contribution in [0.2, 0.25) is 0 Å². The number of rotatable bonds is 19. The van der Waals surface area contributed by atoms with Crippen LogP contribution >= 0.6 is 0 Å². The van der Waals surface area contributed by atoms with E-state index < -0.39 is 18.7 Å². The molecule has 0 aromatic rings. The van der Waals surface area contributed by atoms with Gasteiger partial charge < -0.3 is 15.3 Å². The summed E-state index contributed by atoms with van der Waals surface area (Å²) in [6.45, 7) is -0.473. The zero-order valence-electron chi connectivity index (χ0n) is 16.2. The largest absolute Gasteiger partial charge is 0.481 e. The van der Waals surface area contributed by atoms with Crippen molar-refractivity contribution in [1.82, 2.24) is 0 Å². The Kier molecular flexibility index (Phi) is 17.7. The number of hydrogen-bond donors (Lipinski definition) is 3. The van der Waals surface area contributed by atoms with Crippen molar-refractivity contribution < 1.29 is 24.9 Å². The molecule has 5 nitrogen and oxygen atoms in total. The number of ketones is 1. The molecule has 0 saturated carbocycles. The topological polar surface area (TPSA) is 94.8 Å². The Morgan fingerprint density at radius 2 is 1.12 bits per heavy atom. The van der Waals surface area contributed by atoms with Crippen LogP contribution in [0.15, 0.2) is 12.2 Å². The molecule has 0 aliphatic carbocycles. The number of carbonyl (C=O) groups excluding carboxylic acids is 1. The van der Waals surface area contributed by atoms with Gasteiger partial charge in [-0.05, 0) is 38.5 Å². The fourth-order valence-corrected chi connectivity index (χ4v) is 2.84. The van der Waals surface area contributed by atoms with E-state index in [1.54, 1.807) is 0 Å². The number of carboxylic acids is 1. The first-order valence-corrected chi connectivity index (χ1v) is 10.3. The Bertz CT molecular complexity index is 379. The highest BCUT2D eigenvalue weighted by atomic mass is 16.4. The van der Waals surface area contributed by atoms with E-state index in [0.717, 1.165) is 51.4 Å². The Hall–Kier alpha value is -1.20. The summed E-state index contributed by atoms with van der Waals surface area (Å²) in [6.07, 6.45) is 18.1. The molecule has 1 atom stereocenters. The van der Waals surface area contributed by atoms with E-state index >= 15 is 0 Å². The van der Waals surface area contributed by atoms with E-state index in [2.05, 4.69) is 12.2 Å². The molecular formula is C21H38O5. The second kappa shape index (κ2) is 18.6. The smallest absolute Gasteiger partial charge is 0.303 e. The molecule has 5 heteroatoms. The number of aliphatic hydroxyl groups excluding tert-OH is 2. The fraction of sp³-hybridized carbons (Fsp3) is 0.810. The third-order valence-corrected chi connectivity index (χ3v) is 4.52. The van der Waals surface area contributed by atoms with Gasteiger partial charge in [-0.2, -0.15) is 0 Å². The van der Waals surface area contributed by atoms with Crippen molar-refractivity contribution in [2.75, 3.05) is 6.61 Å². The summed E-state index contributed by atoms with van der Waals surface area (Å²) in [6, 6.07) is 0. The molecule has 0 amide bonds. The fourth-order valence-electron chi connectivity index (χ4n) is 2.84. The predicted octanol–water partition coefficient (Wildman–Crippen LogP) is 4.40. The summed E-state index contributed by atoms with van der Waals surface area (Å²) in [5.74, 6) is -0.946. The molecule has 1 unspecified atom stereocenters. The van der Waals surface area contributed by atoms with Crippen LogP contribution in [0.1, 0.15) is 96.3 Å². The van der Waals surface area contributed by atoms with Gasteiger partial charge in [0.15, 0.2) is 5.78 Å². The molecular weight excluding hydrogens is 332 g/mol. The van der Waals surface area contributed by atoms with E-state index in [4.69, 9.17) is 15.3 Å². The van der Waals surface area contributed by atoms with E-state index in [-0.39, 0.29) is 5.78 Å². The van der Waals surface area contributed by atoms with Crippen LogP contribution in [0, 0.1) is 0 Å².